The van der Waals surface area contributed by atoms with Gasteiger partial charge in [-0.05, 0) is 62.8 Å². The predicted molar refractivity (Wildman–Crippen MR) is 94.2 cm³/mol. The molecule has 2 atom stereocenters. The maximum Gasteiger partial charge on any atom is 0.252 e. The number of carbonyl (C=O) groups is 2. The third-order valence-corrected chi connectivity index (χ3v) is 4.95. The average molecular weight is 353 g/mol. The molecule has 1 aliphatic heterocycles. The highest BCUT2D eigenvalue weighted by Gasteiger charge is 2.28. The largest absolute Gasteiger partial charge is 0.387 e. The Balaban J connectivity index is 2.05. The molecule has 2 amide bonds. The van der Waals surface area contributed by atoms with Crippen LogP contribution >= 0.6 is 11.6 Å². The zero-order valence-corrected chi connectivity index (χ0v) is 15.2. The van der Waals surface area contributed by atoms with Crippen molar-refractivity contribution < 1.29 is 14.7 Å². The summed E-state index contributed by atoms with van der Waals surface area (Å²) < 4.78 is 0. The molecule has 2 N–H and O–H groups in total. The molecule has 0 aromatic heterocycles. The van der Waals surface area contributed by atoms with E-state index in [4.69, 9.17) is 16.7 Å². The van der Waals surface area contributed by atoms with Crippen molar-refractivity contribution in [1.82, 2.24) is 10.2 Å². The molecule has 0 aliphatic carbocycles. The number of rotatable bonds is 4. The summed E-state index contributed by atoms with van der Waals surface area (Å²) in [4.78, 5) is 26.0. The topological polar surface area (TPSA) is 69.6 Å². The zero-order chi connectivity index (χ0) is 17.9. The molecule has 0 radical (unpaired) electrons. The molecule has 0 spiro atoms. The minimum absolute atomic E-state index is 0.0544. The Morgan fingerprint density at radius 2 is 2.00 bits per heavy atom. The van der Waals surface area contributed by atoms with Gasteiger partial charge in [0.1, 0.15) is 6.61 Å². The lowest BCUT2D eigenvalue weighted by atomic mass is 9.91. The van der Waals surface area contributed by atoms with Crippen LogP contribution in [0, 0.1) is 19.8 Å². The van der Waals surface area contributed by atoms with Gasteiger partial charge in [0.15, 0.2) is 0 Å². The second-order valence-electron chi connectivity index (χ2n) is 6.58. The van der Waals surface area contributed by atoms with Crippen molar-refractivity contribution in [2.24, 2.45) is 5.92 Å². The van der Waals surface area contributed by atoms with Gasteiger partial charge in [-0.2, -0.15) is 0 Å². The molecule has 1 saturated heterocycles. The number of piperidine rings is 1. The van der Waals surface area contributed by atoms with E-state index in [1.807, 2.05) is 20.8 Å². The van der Waals surface area contributed by atoms with E-state index < -0.39 is 6.61 Å². The quantitative estimate of drug-likeness (QED) is 0.873. The van der Waals surface area contributed by atoms with Crippen molar-refractivity contribution in [3.63, 3.8) is 0 Å². The van der Waals surface area contributed by atoms with Crippen molar-refractivity contribution in [3.05, 3.63) is 33.8 Å². The normalized spacial score (nSPS) is 19.0. The third kappa shape index (κ3) is 4.28. The first kappa shape index (κ1) is 18.7. The van der Waals surface area contributed by atoms with Gasteiger partial charge >= 0.3 is 0 Å². The number of carbonyl (C=O) groups excluding carboxylic acids is 2. The van der Waals surface area contributed by atoms with Crippen molar-refractivity contribution >= 4 is 23.4 Å². The Morgan fingerprint density at radius 3 is 2.58 bits per heavy atom. The molecule has 1 fully saturated rings. The van der Waals surface area contributed by atoms with Crippen LogP contribution in [0.1, 0.15) is 41.3 Å². The van der Waals surface area contributed by atoms with Crippen LogP contribution < -0.4 is 5.32 Å². The van der Waals surface area contributed by atoms with Crippen molar-refractivity contribution in [2.75, 3.05) is 19.7 Å². The van der Waals surface area contributed by atoms with Gasteiger partial charge in [-0.15, -0.1) is 0 Å². The van der Waals surface area contributed by atoms with Gasteiger partial charge in [0.2, 0.25) is 5.91 Å². The van der Waals surface area contributed by atoms with E-state index in [-0.39, 0.29) is 23.8 Å². The summed E-state index contributed by atoms with van der Waals surface area (Å²) in [5.74, 6) is -0.173. The number of amides is 2. The summed E-state index contributed by atoms with van der Waals surface area (Å²) in [6.45, 7) is 6.50. The number of likely N-dealkylation sites (tertiary alicyclic amines) is 1. The van der Waals surface area contributed by atoms with Gasteiger partial charge in [-0.25, -0.2) is 0 Å². The molecule has 2 rings (SSSR count). The Morgan fingerprint density at radius 1 is 1.38 bits per heavy atom. The zero-order valence-electron chi connectivity index (χ0n) is 14.4. The summed E-state index contributed by atoms with van der Waals surface area (Å²) in [6.07, 6.45) is 1.84. The summed E-state index contributed by atoms with van der Waals surface area (Å²) in [7, 11) is 0. The smallest absolute Gasteiger partial charge is 0.252 e. The van der Waals surface area contributed by atoms with Crippen LogP contribution in [-0.2, 0) is 4.79 Å². The van der Waals surface area contributed by atoms with Crippen LogP contribution in [-0.4, -0.2) is 47.6 Å². The minimum atomic E-state index is -0.462. The first-order valence-electron chi connectivity index (χ1n) is 8.29. The van der Waals surface area contributed by atoms with Crippen LogP contribution in [0.15, 0.2) is 12.1 Å². The van der Waals surface area contributed by atoms with Crippen LogP contribution in [0.5, 0.6) is 0 Å². The lowest BCUT2D eigenvalue weighted by Gasteiger charge is -2.36. The third-order valence-electron chi connectivity index (χ3n) is 4.74. The fraction of sp³-hybridized carbons (Fsp3) is 0.556. The number of nitrogens with zero attached hydrogens (tertiary/aromatic N) is 1. The van der Waals surface area contributed by atoms with Crippen molar-refractivity contribution in [2.45, 2.75) is 39.7 Å². The molecule has 24 heavy (non-hydrogen) atoms. The molecular formula is C18H25ClN2O3. The summed E-state index contributed by atoms with van der Waals surface area (Å²) in [5.41, 5.74) is 2.36. The van der Waals surface area contributed by atoms with Crippen molar-refractivity contribution in [1.29, 1.82) is 0 Å². The fourth-order valence-electron chi connectivity index (χ4n) is 3.41. The van der Waals surface area contributed by atoms with Gasteiger partial charge in [0.25, 0.3) is 5.91 Å². The van der Waals surface area contributed by atoms with E-state index in [0.717, 1.165) is 24.0 Å². The number of benzene rings is 1. The van der Waals surface area contributed by atoms with Gasteiger partial charge < -0.3 is 15.3 Å². The lowest BCUT2D eigenvalue weighted by molar-refractivity contribution is -0.136. The first-order valence-corrected chi connectivity index (χ1v) is 8.67. The number of hydrogen-bond donors (Lipinski definition) is 2. The van der Waals surface area contributed by atoms with Crippen LogP contribution in [0.2, 0.25) is 5.02 Å². The van der Waals surface area contributed by atoms with Gasteiger partial charge in [-0.1, -0.05) is 11.6 Å². The van der Waals surface area contributed by atoms with E-state index in [2.05, 4.69) is 5.32 Å². The SMILES string of the molecule is Cc1cc(Cl)cc(C)c1C(=O)NC(C)C1CCCN(C(=O)CO)C1. The lowest BCUT2D eigenvalue weighted by Crippen LogP contribution is -2.48. The molecule has 0 saturated carbocycles. The molecule has 6 heteroatoms. The summed E-state index contributed by atoms with van der Waals surface area (Å²) in [6, 6.07) is 3.52. The number of hydrogen-bond acceptors (Lipinski definition) is 3. The molecule has 5 nitrogen and oxygen atoms in total. The van der Waals surface area contributed by atoms with E-state index in [9.17, 15) is 9.59 Å². The van der Waals surface area contributed by atoms with Gasteiger partial charge in [-0.3, -0.25) is 9.59 Å². The van der Waals surface area contributed by atoms with Crippen molar-refractivity contribution in [3.8, 4) is 0 Å². The average Bonchev–Trinajstić information content (AvgIpc) is 2.53. The Kier molecular flexibility index (Phi) is 6.24. The Hall–Kier alpha value is -1.59. The second kappa shape index (κ2) is 7.99. The molecule has 1 aromatic carbocycles. The van der Waals surface area contributed by atoms with Gasteiger partial charge in [0.05, 0.1) is 0 Å². The number of aryl methyl sites for hydroxylation is 2. The molecule has 0 bridgehead atoms. The predicted octanol–water partition coefficient (Wildman–Crippen LogP) is 2.31. The number of halogens is 1. The fourth-order valence-corrected chi connectivity index (χ4v) is 3.74. The standard InChI is InChI=1S/C18H25ClN2O3/c1-11-7-15(19)8-12(2)17(11)18(24)20-13(3)14-5-4-6-21(9-14)16(23)10-22/h7-8,13-14,22H,4-6,9-10H2,1-3H3,(H,20,24). The number of aliphatic hydroxyl groups excluding tert-OH is 1. The van der Waals surface area contributed by atoms with E-state index in [1.54, 1.807) is 17.0 Å². The highest BCUT2D eigenvalue weighted by molar-refractivity contribution is 6.30. The molecule has 1 aliphatic rings. The molecule has 1 heterocycles. The number of aliphatic hydroxyl groups is 1. The molecule has 132 valence electrons. The maximum atomic E-state index is 12.6. The highest BCUT2D eigenvalue weighted by Crippen LogP contribution is 2.23. The number of nitrogens with one attached hydrogen (secondary N) is 1. The first-order chi connectivity index (χ1) is 11.3. The second-order valence-corrected chi connectivity index (χ2v) is 7.01. The van der Waals surface area contributed by atoms with E-state index in [0.29, 0.717) is 23.7 Å². The van der Waals surface area contributed by atoms with Crippen LogP contribution in [0.4, 0.5) is 0 Å². The minimum Gasteiger partial charge on any atom is -0.387 e. The Labute approximate surface area is 148 Å². The monoisotopic (exact) mass is 352 g/mol. The Bertz CT molecular complexity index is 610. The van der Waals surface area contributed by atoms with E-state index in [1.165, 1.54) is 0 Å². The maximum absolute atomic E-state index is 12.6. The highest BCUT2D eigenvalue weighted by atomic mass is 35.5. The molecule has 1 aromatic rings. The summed E-state index contributed by atoms with van der Waals surface area (Å²) >= 11 is 6.02. The van der Waals surface area contributed by atoms with Gasteiger partial charge in [0, 0.05) is 29.7 Å². The molecular weight excluding hydrogens is 328 g/mol. The van der Waals surface area contributed by atoms with Crippen LogP contribution in [0.3, 0.4) is 0 Å². The van der Waals surface area contributed by atoms with Crippen LogP contribution in [0.25, 0.3) is 0 Å². The van der Waals surface area contributed by atoms with E-state index >= 15 is 0 Å². The molecule has 2 unspecified atom stereocenters. The summed E-state index contributed by atoms with van der Waals surface area (Å²) in [5, 5.41) is 12.7.